The first-order chi connectivity index (χ1) is 11.2. The van der Waals surface area contributed by atoms with E-state index >= 15 is 0 Å². The molecule has 11 heteroatoms. The van der Waals surface area contributed by atoms with Gasteiger partial charge in [-0.1, -0.05) is 0 Å². The van der Waals surface area contributed by atoms with Crippen molar-refractivity contribution in [2.45, 2.75) is 37.7 Å². The van der Waals surface area contributed by atoms with E-state index in [0.717, 1.165) is 4.57 Å². The molecule has 1 aliphatic heterocycles. The van der Waals surface area contributed by atoms with Gasteiger partial charge >= 0.3 is 17.6 Å². The summed E-state index contributed by atoms with van der Waals surface area (Å²) in [5.41, 5.74) is -1.35. The highest BCUT2D eigenvalue weighted by Gasteiger charge is 2.47. The summed E-state index contributed by atoms with van der Waals surface area (Å²) >= 11 is 9.30. The van der Waals surface area contributed by atoms with E-state index in [1.807, 2.05) is 0 Å². The third kappa shape index (κ3) is 4.05. The maximum absolute atomic E-state index is 12.0. The van der Waals surface area contributed by atoms with E-state index in [2.05, 4.69) is 20.9 Å². The second-order valence-corrected chi connectivity index (χ2v) is 6.39. The molecule has 0 spiro atoms. The number of alkyl halides is 1. The summed E-state index contributed by atoms with van der Waals surface area (Å²) in [5.74, 6) is -1.14. The van der Waals surface area contributed by atoms with Crippen molar-refractivity contribution in [2.24, 2.45) is 0 Å². The summed E-state index contributed by atoms with van der Waals surface area (Å²) < 4.78 is 16.8. The molecule has 1 aliphatic rings. The Bertz CT molecular complexity index is 761. The number of aromatic amines is 1. The molecule has 0 amide bonds. The number of nitrogens with one attached hydrogen (secondary N) is 1. The number of hydrogen-bond donors (Lipinski definition) is 1. The quantitative estimate of drug-likeness (QED) is 0.544. The molecule has 24 heavy (non-hydrogen) atoms. The van der Waals surface area contributed by atoms with Crippen LogP contribution in [0.25, 0.3) is 0 Å². The van der Waals surface area contributed by atoms with Gasteiger partial charge in [-0.2, -0.15) is 0 Å². The monoisotopic (exact) mass is 424 g/mol. The molecule has 0 unspecified atom stereocenters. The zero-order valence-corrected chi connectivity index (χ0v) is 15.0. The maximum atomic E-state index is 12.0. The molecule has 2 rings (SSSR count). The Morgan fingerprint density at radius 1 is 1.38 bits per heavy atom. The van der Waals surface area contributed by atoms with Gasteiger partial charge in [0.2, 0.25) is 0 Å². The molecule has 2 heterocycles. The Morgan fingerprint density at radius 3 is 2.62 bits per heavy atom. The van der Waals surface area contributed by atoms with Crippen LogP contribution in [0.3, 0.4) is 0 Å². The number of rotatable bonds is 4. The molecule has 0 radical (unpaired) electrons. The average Bonchev–Trinajstić information content (AvgIpc) is 2.77. The van der Waals surface area contributed by atoms with E-state index < -0.39 is 47.0 Å². The van der Waals surface area contributed by atoms with Crippen LogP contribution in [0.1, 0.15) is 20.1 Å². The molecule has 0 bridgehead atoms. The van der Waals surface area contributed by atoms with Gasteiger partial charge in [0, 0.05) is 20.0 Å². The van der Waals surface area contributed by atoms with Crippen molar-refractivity contribution in [1.29, 1.82) is 0 Å². The highest BCUT2D eigenvalue weighted by molar-refractivity contribution is 9.10. The topological polar surface area (TPSA) is 117 Å². The van der Waals surface area contributed by atoms with Crippen LogP contribution in [0.5, 0.6) is 0 Å². The molecule has 1 aromatic rings. The van der Waals surface area contributed by atoms with Gasteiger partial charge in [0.15, 0.2) is 12.3 Å². The molecule has 4 atom stereocenters. The van der Waals surface area contributed by atoms with Gasteiger partial charge in [-0.3, -0.25) is 23.9 Å². The standard InChI is InChI=1S/C13H14BrClN2O7/c1-5(18)22-4-8-10(23-6(2)19)9(15)12(24-8)17-3-7(14)11(20)16-13(17)21/h3,8-10,12H,4H2,1-2H3,(H,16,20,21)/t8-,9-,10-,12-/m1/s1. The van der Waals surface area contributed by atoms with Crippen LogP contribution in [0, 0.1) is 0 Å². The summed E-state index contributed by atoms with van der Waals surface area (Å²) in [7, 11) is 0. The highest BCUT2D eigenvalue weighted by atomic mass is 79.9. The van der Waals surface area contributed by atoms with E-state index in [-0.39, 0.29) is 11.1 Å². The van der Waals surface area contributed by atoms with Gasteiger partial charge < -0.3 is 14.2 Å². The highest BCUT2D eigenvalue weighted by Crippen LogP contribution is 2.35. The van der Waals surface area contributed by atoms with Gasteiger partial charge in [-0.05, 0) is 15.9 Å². The molecule has 9 nitrogen and oxygen atoms in total. The Hall–Kier alpha value is -1.65. The minimum Gasteiger partial charge on any atom is -0.463 e. The average molecular weight is 426 g/mol. The smallest absolute Gasteiger partial charge is 0.330 e. The molecule has 132 valence electrons. The first-order valence-corrected chi connectivity index (χ1v) is 8.04. The summed E-state index contributed by atoms with van der Waals surface area (Å²) in [6.45, 7) is 2.21. The normalized spacial score (nSPS) is 26.2. The van der Waals surface area contributed by atoms with Crippen LogP contribution in [-0.2, 0) is 23.8 Å². The lowest BCUT2D eigenvalue weighted by atomic mass is 10.1. The first-order valence-electron chi connectivity index (χ1n) is 6.81. The van der Waals surface area contributed by atoms with Crippen molar-refractivity contribution in [3.63, 3.8) is 0 Å². The van der Waals surface area contributed by atoms with E-state index in [0.29, 0.717) is 0 Å². The number of esters is 2. The van der Waals surface area contributed by atoms with Crippen molar-refractivity contribution in [1.82, 2.24) is 9.55 Å². The lowest BCUT2D eigenvalue weighted by Gasteiger charge is -2.19. The SMILES string of the molecule is CC(=O)OC[C@H]1O[C@@H](n2cc(Br)c(=O)[nH]c2=O)[C@H](Cl)[C@@H]1OC(C)=O. The maximum Gasteiger partial charge on any atom is 0.330 e. The van der Waals surface area contributed by atoms with Crippen molar-refractivity contribution in [2.75, 3.05) is 6.61 Å². The number of ether oxygens (including phenoxy) is 3. The molecule has 1 saturated heterocycles. The second kappa shape index (κ2) is 7.49. The number of carbonyl (C=O) groups is 2. The fourth-order valence-corrected chi connectivity index (χ4v) is 2.95. The van der Waals surface area contributed by atoms with Gasteiger partial charge in [-0.25, -0.2) is 4.79 Å². The Morgan fingerprint density at radius 2 is 2.04 bits per heavy atom. The van der Waals surface area contributed by atoms with Crippen LogP contribution >= 0.6 is 27.5 Å². The van der Waals surface area contributed by atoms with E-state index in [1.54, 1.807) is 0 Å². The zero-order valence-electron chi connectivity index (χ0n) is 12.7. The number of halogens is 2. The minimum absolute atomic E-state index is 0.0991. The third-order valence-corrected chi connectivity index (χ3v) is 4.25. The van der Waals surface area contributed by atoms with E-state index in [4.69, 9.17) is 25.8 Å². The third-order valence-electron chi connectivity index (χ3n) is 3.22. The Balaban J connectivity index is 2.33. The number of aromatic nitrogens is 2. The number of nitrogens with zero attached hydrogens (tertiary/aromatic N) is 1. The fourth-order valence-electron chi connectivity index (χ4n) is 2.23. The lowest BCUT2D eigenvalue weighted by Crippen LogP contribution is -2.37. The van der Waals surface area contributed by atoms with Gasteiger partial charge in [-0.15, -0.1) is 11.6 Å². The molecular weight excluding hydrogens is 412 g/mol. The van der Waals surface area contributed by atoms with Crippen LogP contribution in [0.4, 0.5) is 0 Å². The van der Waals surface area contributed by atoms with Crippen LogP contribution in [0.2, 0.25) is 0 Å². The zero-order chi connectivity index (χ0) is 18.0. The summed E-state index contributed by atoms with van der Waals surface area (Å²) in [6, 6.07) is 0. The summed E-state index contributed by atoms with van der Waals surface area (Å²) in [5, 5.41) is -0.940. The van der Waals surface area contributed by atoms with Gasteiger partial charge in [0.1, 0.15) is 18.1 Å². The molecule has 0 saturated carbocycles. The molecule has 0 aromatic carbocycles. The van der Waals surface area contributed by atoms with Crippen molar-refractivity contribution < 1.29 is 23.8 Å². The fraction of sp³-hybridized carbons (Fsp3) is 0.538. The number of H-pyrrole nitrogens is 1. The van der Waals surface area contributed by atoms with Crippen LogP contribution in [0.15, 0.2) is 20.3 Å². The minimum atomic E-state index is -1.03. The molecule has 1 N–H and O–H groups in total. The molecule has 1 aromatic heterocycles. The van der Waals surface area contributed by atoms with Crippen LogP contribution in [-0.4, -0.2) is 45.7 Å². The predicted molar refractivity (Wildman–Crippen MR) is 84.8 cm³/mol. The Labute approximate surface area is 149 Å². The van der Waals surface area contributed by atoms with Crippen molar-refractivity contribution in [3.8, 4) is 0 Å². The summed E-state index contributed by atoms with van der Waals surface area (Å²) in [6.07, 6.45) is -1.61. The first kappa shape index (κ1) is 18.7. The van der Waals surface area contributed by atoms with Crippen LogP contribution < -0.4 is 11.2 Å². The predicted octanol–water partition coefficient (Wildman–Crippen LogP) is 0.299. The molecular formula is C13H14BrClN2O7. The molecule has 1 fully saturated rings. The van der Waals surface area contributed by atoms with Crippen molar-refractivity contribution >= 4 is 39.5 Å². The molecule has 0 aliphatic carbocycles. The van der Waals surface area contributed by atoms with Gasteiger partial charge in [0.25, 0.3) is 5.56 Å². The second-order valence-electron chi connectivity index (χ2n) is 5.03. The number of carbonyl (C=O) groups excluding carboxylic acids is 2. The Kier molecular flexibility index (Phi) is 5.83. The summed E-state index contributed by atoms with van der Waals surface area (Å²) in [4.78, 5) is 47.8. The largest absolute Gasteiger partial charge is 0.463 e. The van der Waals surface area contributed by atoms with E-state index in [1.165, 1.54) is 20.0 Å². The van der Waals surface area contributed by atoms with E-state index in [9.17, 15) is 19.2 Å². The lowest BCUT2D eigenvalue weighted by molar-refractivity contribution is -0.155. The number of hydrogen-bond acceptors (Lipinski definition) is 7. The van der Waals surface area contributed by atoms with Crippen molar-refractivity contribution in [3.05, 3.63) is 31.5 Å². The van der Waals surface area contributed by atoms with Gasteiger partial charge in [0.05, 0.1) is 4.47 Å².